The Morgan fingerprint density at radius 2 is 1.59 bits per heavy atom. The lowest BCUT2D eigenvalue weighted by Crippen LogP contribution is -1.86. The van der Waals surface area contributed by atoms with Crippen molar-refractivity contribution in [2.75, 3.05) is 14.2 Å². The van der Waals surface area contributed by atoms with Gasteiger partial charge < -0.3 is 19.7 Å². The molecule has 2 rings (SSSR count). The summed E-state index contributed by atoms with van der Waals surface area (Å²) in [7, 11) is 2.87. The number of methoxy groups -OCH3 is 2. The number of phenolic OH excluding ortho intramolecular Hbond substituents is 2. The van der Waals surface area contributed by atoms with Gasteiger partial charge in [0.15, 0.2) is 29.3 Å². The molecule has 0 aliphatic rings. The first-order chi connectivity index (χ1) is 10.6. The fourth-order valence-electron chi connectivity index (χ4n) is 1.57. The predicted molar refractivity (Wildman–Crippen MR) is 80.1 cm³/mol. The molecule has 0 saturated heterocycles. The van der Waals surface area contributed by atoms with E-state index in [0.717, 1.165) is 0 Å². The summed E-state index contributed by atoms with van der Waals surface area (Å²) < 4.78 is 9.56. The molecule has 0 spiro atoms. The third-order valence-corrected chi connectivity index (χ3v) is 2.72. The SMILES string of the molecule is COc1cc(C=O)ccc1O.COc1cccc(C=O)c1O. The largest absolute Gasteiger partial charge is 0.504 e. The minimum Gasteiger partial charge on any atom is -0.504 e. The van der Waals surface area contributed by atoms with Gasteiger partial charge in [-0.1, -0.05) is 6.07 Å². The highest BCUT2D eigenvalue weighted by atomic mass is 16.5. The molecule has 0 fully saturated rings. The molecule has 0 radical (unpaired) electrons. The first-order valence-corrected chi connectivity index (χ1v) is 6.20. The van der Waals surface area contributed by atoms with E-state index in [1.807, 2.05) is 0 Å². The van der Waals surface area contributed by atoms with Crippen molar-refractivity contribution >= 4 is 12.6 Å². The zero-order valence-corrected chi connectivity index (χ0v) is 12.1. The Kier molecular flexibility index (Phi) is 6.43. The van der Waals surface area contributed by atoms with Crippen molar-refractivity contribution < 1.29 is 29.3 Å². The van der Waals surface area contributed by atoms with Crippen molar-refractivity contribution in [3.8, 4) is 23.0 Å². The van der Waals surface area contributed by atoms with Gasteiger partial charge >= 0.3 is 0 Å². The summed E-state index contributed by atoms with van der Waals surface area (Å²) in [5.41, 5.74) is 0.726. The van der Waals surface area contributed by atoms with Gasteiger partial charge in [-0.25, -0.2) is 0 Å². The molecule has 2 aromatic carbocycles. The fourth-order valence-corrected chi connectivity index (χ4v) is 1.57. The molecule has 6 nitrogen and oxygen atoms in total. The zero-order valence-electron chi connectivity index (χ0n) is 12.1. The number of carbonyl (C=O) groups is 2. The van der Waals surface area contributed by atoms with Crippen LogP contribution >= 0.6 is 0 Å². The molecule has 0 atom stereocenters. The second-order valence-electron chi connectivity index (χ2n) is 4.07. The standard InChI is InChI=1S/2C8H8O3/c1-11-8-4-6(5-9)2-3-7(8)10;1-11-7-4-2-3-6(5-9)8(7)10/h2*2-5,10H,1H3. The molecule has 0 saturated carbocycles. The van der Waals surface area contributed by atoms with Gasteiger partial charge in [0.1, 0.15) is 6.29 Å². The number of aromatic hydroxyl groups is 2. The van der Waals surface area contributed by atoms with Crippen molar-refractivity contribution in [3.05, 3.63) is 47.5 Å². The quantitative estimate of drug-likeness (QED) is 0.843. The maximum absolute atomic E-state index is 10.3. The number of phenols is 2. The molecule has 116 valence electrons. The van der Waals surface area contributed by atoms with E-state index in [1.54, 1.807) is 12.1 Å². The highest BCUT2D eigenvalue weighted by molar-refractivity contribution is 5.80. The number of aldehydes is 2. The predicted octanol–water partition coefficient (Wildman–Crippen LogP) is 2.43. The van der Waals surface area contributed by atoms with Crippen LogP contribution in [0.5, 0.6) is 23.0 Å². The summed E-state index contributed by atoms with van der Waals surface area (Å²) in [5, 5.41) is 18.3. The van der Waals surface area contributed by atoms with Gasteiger partial charge in [0.25, 0.3) is 0 Å². The molecule has 0 aliphatic heterocycles. The van der Waals surface area contributed by atoms with Gasteiger partial charge in [-0.3, -0.25) is 9.59 Å². The minimum atomic E-state index is -0.106. The Hall–Kier alpha value is -3.02. The van der Waals surface area contributed by atoms with E-state index in [9.17, 15) is 14.7 Å². The first-order valence-electron chi connectivity index (χ1n) is 6.20. The Bertz CT molecular complexity index is 649. The van der Waals surface area contributed by atoms with Crippen molar-refractivity contribution in [1.82, 2.24) is 0 Å². The van der Waals surface area contributed by atoms with Crippen LogP contribution in [-0.2, 0) is 0 Å². The molecule has 22 heavy (non-hydrogen) atoms. The Balaban J connectivity index is 0.000000220. The summed E-state index contributed by atoms with van der Waals surface area (Å²) in [6, 6.07) is 9.16. The number of hydrogen-bond acceptors (Lipinski definition) is 6. The summed E-state index contributed by atoms with van der Waals surface area (Å²) in [6.07, 6.45) is 1.28. The second kappa shape index (κ2) is 8.31. The summed E-state index contributed by atoms with van der Waals surface area (Å²) in [4.78, 5) is 20.5. The van der Waals surface area contributed by atoms with E-state index in [4.69, 9.17) is 14.6 Å². The molecular weight excluding hydrogens is 288 g/mol. The van der Waals surface area contributed by atoms with Gasteiger partial charge in [0.05, 0.1) is 19.8 Å². The molecule has 0 aliphatic carbocycles. The lowest BCUT2D eigenvalue weighted by molar-refractivity contribution is 0.111. The molecular formula is C16H16O6. The molecule has 0 bridgehead atoms. The smallest absolute Gasteiger partial charge is 0.168 e. The van der Waals surface area contributed by atoms with Crippen molar-refractivity contribution in [1.29, 1.82) is 0 Å². The van der Waals surface area contributed by atoms with E-state index in [1.165, 1.54) is 38.5 Å². The summed E-state index contributed by atoms with van der Waals surface area (Å²) in [5.74, 6) is 0.562. The minimum absolute atomic E-state index is 0.0399. The Morgan fingerprint density at radius 1 is 0.909 bits per heavy atom. The van der Waals surface area contributed by atoms with Crippen LogP contribution in [0.1, 0.15) is 20.7 Å². The molecule has 0 unspecified atom stereocenters. The molecule has 2 aromatic rings. The molecule has 0 amide bonds. The van der Waals surface area contributed by atoms with Crippen LogP contribution in [0.15, 0.2) is 36.4 Å². The molecule has 0 heterocycles. The van der Waals surface area contributed by atoms with E-state index in [0.29, 0.717) is 29.6 Å². The third-order valence-electron chi connectivity index (χ3n) is 2.72. The van der Waals surface area contributed by atoms with Gasteiger partial charge in [-0.05, 0) is 30.3 Å². The topological polar surface area (TPSA) is 93.1 Å². The van der Waals surface area contributed by atoms with Crippen molar-refractivity contribution in [2.24, 2.45) is 0 Å². The van der Waals surface area contributed by atoms with Crippen LogP contribution in [0.3, 0.4) is 0 Å². The Labute approximate surface area is 127 Å². The van der Waals surface area contributed by atoms with Crippen LogP contribution in [0, 0.1) is 0 Å². The normalized spacial score (nSPS) is 9.18. The van der Waals surface area contributed by atoms with Crippen LogP contribution in [0.25, 0.3) is 0 Å². The van der Waals surface area contributed by atoms with E-state index in [2.05, 4.69) is 0 Å². The number of para-hydroxylation sites is 1. The number of ether oxygens (including phenoxy) is 2. The third kappa shape index (κ3) is 4.24. The monoisotopic (exact) mass is 304 g/mol. The van der Waals surface area contributed by atoms with Crippen LogP contribution in [0.2, 0.25) is 0 Å². The highest BCUT2D eigenvalue weighted by Gasteiger charge is 2.04. The van der Waals surface area contributed by atoms with Gasteiger partial charge in [-0.2, -0.15) is 0 Å². The fraction of sp³-hybridized carbons (Fsp3) is 0.125. The zero-order chi connectivity index (χ0) is 16.5. The Morgan fingerprint density at radius 3 is 2.14 bits per heavy atom. The molecule has 6 heteroatoms. The maximum atomic E-state index is 10.3. The molecule has 0 aromatic heterocycles. The van der Waals surface area contributed by atoms with Gasteiger partial charge in [-0.15, -0.1) is 0 Å². The van der Waals surface area contributed by atoms with Crippen molar-refractivity contribution in [2.45, 2.75) is 0 Å². The number of benzene rings is 2. The second-order valence-corrected chi connectivity index (χ2v) is 4.07. The first kappa shape index (κ1) is 17.0. The molecule has 2 N–H and O–H groups in total. The van der Waals surface area contributed by atoms with E-state index < -0.39 is 0 Å². The van der Waals surface area contributed by atoms with E-state index in [-0.39, 0.29) is 17.1 Å². The van der Waals surface area contributed by atoms with Crippen molar-refractivity contribution in [3.63, 3.8) is 0 Å². The van der Waals surface area contributed by atoms with Gasteiger partial charge in [0, 0.05) is 5.56 Å². The average Bonchev–Trinajstić information content (AvgIpc) is 2.56. The maximum Gasteiger partial charge on any atom is 0.168 e. The van der Waals surface area contributed by atoms with E-state index >= 15 is 0 Å². The lowest BCUT2D eigenvalue weighted by atomic mass is 10.2. The lowest BCUT2D eigenvalue weighted by Gasteiger charge is -2.02. The summed E-state index contributed by atoms with van der Waals surface area (Å²) in [6.45, 7) is 0. The average molecular weight is 304 g/mol. The highest BCUT2D eigenvalue weighted by Crippen LogP contribution is 2.27. The summed E-state index contributed by atoms with van der Waals surface area (Å²) >= 11 is 0. The number of hydrogen-bond donors (Lipinski definition) is 2. The van der Waals surface area contributed by atoms with Crippen LogP contribution in [-0.4, -0.2) is 37.0 Å². The van der Waals surface area contributed by atoms with Crippen LogP contribution < -0.4 is 9.47 Å². The number of rotatable bonds is 4. The number of carbonyl (C=O) groups excluding carboxylic acids is 2. The van der Waals surface area contributed by atoms with Crippen LogP contribution in [0.4, 0.5) is 0 Å². The van der Waals surface area contributed by atoms with Gasteiger partial charge in [0.2, 0.25) is 0 Å².